The first-order valence-corrected chi connectivity index (χ1v) is 13.1. The zero-order valence-corrected chi connectivity index (χ0v) is 20.0. The van der Waals surface area contributed by atoms with E-state index in [0.717, 1.165) is 53.6 Å². The van der Waals surface area contributed by atoms with Crippen molar-refractivity contribution in [2.24, 2.45) is 0 Å². The second kappa shape index (κ2) is 8.76. The summed E-state index contributed by atoms with van der Waals surface area (Å²) in [6.45, 7) is 1.13. The van der Waals surface area contributed by atoms with Crippen LogP contribution in [0.25, 0.3) is 0 Å². The highest BCUT2D eigenvalue weighted by atomic mass is 35.5. The van der Waals surface area contributed by atoms with E-state index < -0.39 is 10.0 Å². The highest BCUT2D eigenvalue weighted by Gasteiger charge is 2.37. The lowest BCUT2D eigenvalue weighted by Crippen LogP contribution is -2.39. The molecular weight excluding hydrogens is 456 g/mol. The van der Waals surface area contributed by atoms with E-state index in [9.17, 15) is 13.5 Å². The lowest BCUT2D eigenvalue weighted by Gasteiger charge is -2.38. The first kappa shape index (κ1) is 22.4. The number of aryl methyl sites for hydroxylation is 1. The van der Waals surface area contributed by atoms with E-state index >= 15 is 0 Å². The van der Waals surface area contributed by atoms with Crippen molar-refractivity contribution in [1.82, 2.24) is 9.62 Å². The smallest absolute Gasteiger partial charge is 0.240 e. The molecule has 1 heterocycles. The number of fused-ring (bicyclic) bond motifs is 5. The maximum Gasteiger partial charge on any atom is 0.240 e. The summed E-state index contributed by atoms with van der Waals surface area (Å²) in [5.74, 6) is 0.0443. The van der Waals surface area contributed by atoms with Gasteiger partial charge in [-0.3, -0.25) is 0 Å². The largest absolute Gasteiger partial charge is 0.506 e. The van der Waals surface area contributed by atoms with Crippen LogP contribution in [0.5, 0.6) is 5.75 Å². The number of likely N-dealkylation sites (N-methyl/N-ethyl adjacent to an activating group) is 1. The van der Waals surface area contributed by atoms with Gasteiger partial charge in [0.2, 0.25) is 10.0 Å². The van der Waals surface area contributed by atoms with Crippen molar-refractivity contribution in [1.29, 1.82) is 0 Å². The summed E-state index contributed by atoms with van der Waals surface area (Å²) in [5.41, 5.74) is 5.24. The summed E-state index contributed by atoms with van der Waals surface area (Å²) in [6, 6.07) is 18.8. The monoisotopic (exact) mass is 482 g/mol. The molecule has 0 spiro atoms. The molecule has 0 amide bonds. The number of phenolic OH excluding ortho intramolecular Hbond substituents is 1. The Hall–Kier alpha value is -2.38. The average Bonchev–Trinajstić information content (AvgIpc) is 2.95. The molecular formula is C26H27ClN2O3S. The van der Waals surface area contributed by atoms with Crippen LogP contribution in [-0.4, -0.2) is 38.1 Å². The van der Waals surface area contributed by atoms with Gasteiger partial charge in [-0.15, -0.1) is 0 Å². The molecule has 0 saturated heterocycles. The summed E-state index contributed by atoms with van der Waals surface area (Å²) >= 11 is 6.23. The van der Waals surface area contributed by atoms with E-state index in [1.807, 2.05) is 48.5 Å². The number of hydrogen-bond acceptors (Lipinski definition) is 4. The van der Waals surface area contributed by atoms with Crippen LogP contribution in [0.2, 0.25) is 5.02 Å². The van der Waals surface area contributed by atoms with Crippen LogP contribution in [0.4, 0.5) is 0 Å². The third-order valence-electron chi connectivity index (χ3n) is 7.01. The molecule has 3 aromatic rings. The quantitative estimate of drug-likeness (QED) is 0.576. The average molecular weight is 483 g/mol. The molecule has 1 aliphatic carbocycles. The fourth-order valence-corrected chi connectivity index (χ4v) is 6.47. The minimum atomic E-state index is -3.68. The Balaban J connectivity index is 1.56. The number of phenols is 1. The lowest BCUT2D eigenvalue weighted by molar-refractivity contribution is 0.214. The fraction of sp³-hybridized carbons (Fsp3) is 0.308. The molecule has 0 saturated carbocycles. The van der Waals surface area contributed by atoms with Gasteiger partial charge in [0, 0.05) is 25.0 Å². The van der Waals surface area contributed by atoms with Gasteiger partial charge in [0.05, 0.1) is 9.92 Å². The van der Waals surface area contributed by atoms with Gasteiger partial charge in [-0.05, 0) is 78.4 Å². The first-order valence-electron chi connectivity index (χ1n) is 11.2. The predicted molar refractivity (Wildman–Crippen MR) is 130 cm³/mol. The number of rotatable bonds is 4. The van der Waals surface area contributed by atoms with Crippen molar-refractivity contribution in [2.75, 3.05) is 13.6 Å². The Kier molecular flexibility index (Phi) is 5.95. The molecule has 172 valence electrons. The molecule has 2 atom stereocenters. The zero-order valence-electron chi connectivity index (χ0n) is 18.5. The first-order chi connectivity index (χ1) is 15.8. The number of aromatic hydroxyl groups is 1. The van der Waals surface area contributed by atoms with Crippen LogP contribution in [0.15, 0.2) is 65.6 Å². The molecule has 0 bridgehead atoms. The number of hydrogen-bond donors (Lipinski definition) is 2. The molecule has 5 nitrogen and oxygen atoms in total. The van der Waals surface area contributed by atoms with Crippen LogP contribution >= 0.6 is 11.6 Å². The predicted octanol–water partition coefficient (Wildman–Crippen LogP) is 4.46. The van der Waals surface area contributed by atoms with E-state index in [0.29, 0.717) is 5.02 Å². The molecule has 0 aromatic heterocycles. The Bertz CT molecular complexity index is 1290. The zero-order chi connectivity index (χ0) is 23.2. The third-order valence-corrected chi connectivity index (χ3v) is 8.71. The van der Waals surface area contributed by atoms with Crippen LogP contribution in [0.1, 0.15) is 40.2 Å². The van der Waals surface area contributed by atoms with Gasteiger partial charge in [-0.2, -0.15) is 0 Å². The molecule has 0 radical (unpaired) electrons. The Morgan fingerprint density at radius 2 is 1.79 bits per heavy atom. The molecule has 5 rings (SSSR count). The summed E-state index contributed by atoms with van der Waals surface area (Å²) < 4.78 is 29.0. The van der Waals surface area contributed by atoms with E-state index in [2.05, 4.69) is 16.7 Å². The van der Waals surface area contributed by atoms with E-state index in [-0.39, 0.29) is 29.1 Å². The molecule has 2 aliphatic rings. The molecule has 1 aliphatic heterocycles. The van der Waals surface area contributed by atoms with Gasteiger partial charge in [-0.1, -0.05) is 48.0 Å². The van der Waals surface area contributed by atoms with Gasteiger partial charge in [0.15, 0.2) is 0 Å². The van der Waals surface area contributed by atoms with Gasteiger partial charge < -0.3 is 10.0 Å². The van der Waals surface area contributed by atoms with Crippen molar-refractivity contribution in [3.05, 3.63) is 93.5 Å². The molecule has 7 heteroatoms. The highest BCUT2D eigenvalue weighted by molar-refractivity contribution is 7.89. The third kappa shape index (κ3) is 4.28. The topological polar surface area (TPSA) is 69.6 Å². The number of sulfonamides is 1. The van der Waals surface area contributed by atoms with Crippen molar-refractivity contribution in [3.63, 3.8) is 0 Å². The fourth-order valence-electron chi connectivity index (χ4n) is 5.23. The minimum Gasteiger partial charge on any atom is -0.506 e. The standard InChI is InChI=1S/C26H27ClN2O3S/c1-29-12-11-19-13-23(27)25(30)15-22(19)26-21-14-20(9-7-18(21)8-10-24(26)29)33(31,32)28-16-17-5-3-2-4-6-17/h2-7,9,13-15,24,26,28,30H,8,10-12,16H2,1H3. The second-order valence-corrected chi connectivity index (χ2v) is 11.2. The van der Waals surface area contributed by atoms with Crippen LogP contribution in [-0.2, 0) is 29.4 Å². The maximum absolute atomic E-state index is 13.1. The molecule has 33 heavy (non-hydrogen) atoms. The summed E-state index contributed by atoms with van der Waals surface area (Å²) in [4.78, 5) is 2.62. The Morgan fingerprint density at radius 1 is 1.03 bits per heavy atom. The van der Waals surface area contributed by atoms with Gasteiger partial charge >= 0.3 is 0 Å². The van der Waals surface area contributed by atoms with E-state index in [1.165, 1.54) is 0 Å². The van der Waals surface area contributed by atoms with Crippen LogP contribution in [0.3, 0.4) is 0 Å². The molecule has 2 N–H and O–H groups in total. The van der Waals surface area contributed by atoms with Gasteiger partial charge in [0.1, 0.15) is 5.75 Å². The lowest BCUT2D eigenvalue weighted by atomic mass is 9.74. The Morgan fingerprint density at radius 3 is 2.58 bits per heavy atom. The minimum absolute atomic E-state index is 0.0244. The normalized spacial score (nSPS) is 20.4. The van der Waals surface area contributed by atoms with Crippen LogP contribution < -0.4 is 4.72 Å². The van der Waals surface area contributed by atoms with Crippen molar-refractivity contribution in [3.8, 4) is 5.75 Å². The van der Waals surface area contributed by atoms with Crippen molar-refractivity contribution < 1.29 is 13.5 Å². The van der Waals surface area contributed by atoms with Crippen LogP contribution in [0, 0.1) is 0 Å². The summed E-state index contributed by atoms with van der Waals surface area (Å²) in [6.07, 6.45) is 2.72. The maximum atomic E-state index is 13.1. The van der Waals surface area contributed by atoms with Crippen molar-refractivity contribution >= 4 is 21.6 Å². The Labute approximate surface area is 200 Å². The number of halogens is 1. The molecule has 0 fully saturated rings. The molecule has 2 unspecified atom stereocenters. The second-order valence-electron chi connectivity index (χ2n) is 8.99. The molecule has 3 aromatic carbocycles. The highest BCUT2D eigenvalue weighted by Crippen LogP contribution is 2.45. The van der Waals surface area contributed by atoms with Crippen molar-refractivity contribution in [2.45, 2.75) is 42.7 Å². The summed E-state index contributed by atoms with van der Waals surface area (Å²) in [7, 11) is -1.56. The van der Waals surface area contributed by atoms with E-state index in [1.54, 1.807) is 12.1 Å². The number of benzene rings is 3. The van der Waals surface area contributed by atoms with Gasteiger partial charge in [-0.25, -0.2) is 13.1 Å². The number of nitrogens with zero attached hydrogens (tertiary/aromatic N) is 1. The number of nitrogens with one attached hydrogen (secondary N) is 1. The van der Waals surface area contributed by atoms with E-state index in [4.69, 9.17) is 11.6 Å². The SMILES string of the molecule is CN1CCc2cc(Cl)c(O)cc2C2c3cc(S(=O)(=O)NCc4ccccc4)ccc3CCC21. The summed E-state index contributed by atoms with van der Waals surface area (Å²) in [5, 5.41) is 10.7. The van der Waals surface area contributed by atoms with Gasteiger partial charge in [0.25, 0.3) is 0 Å².